The first-order chi connectivity index (χ1) is 12.7. The molecule has 0 spiro atoms. The van der Waals surface area contributed by atoms with Crippen LogP contribution in [0.4, 0.5) is 17.6 Å². The average Bonchev–Trinajstić information content (AvgIpc) is 2.68. The molecule has 3 aromatic rings. The van der Waals surface area contributed by atoms with Crippen molar-refractivity contribution in [3.05, 3.63) is 60.2 Å². The molecular weight excluding hydrogens is 334 g/mol. The number of para-hydroxylation sites is 1. The predicted molar refractivity (Wildman–Crippen MR) is 97.1 cm³/mol. The van der Waals surface area contributed by atoms with Gasteiger partial charge in [-0.2, -0.15) is 15.0 Å². The molecular formula is C18H17N5O3. The Kier molecular flexibility index (Phi) is 5.23. The molecule has 8 nitrogen and oxygen atoms in total. The highest BCUT2D eigenvalue weighted by Gasteiger charge is 2.12. The SMILES string of the molecule is COc1cccc(C(=O)Nc2nc(Nc3ccccc3)nc(OC)n2)c1. The molecule has 2 aromatic carbocycles. The molecule has 8 heteroatoms. The molecule has 132 valence electrons. The number of hydrogen-bond donors (Lipinski definition) is 2. The maximum absolute atomic E-state index is 12.4. The Hall–Kier alpha value is -3.68. The zero-order valence-corrected chi connectivity index (χ0v) is 14.3. The molecule has 0 radical (unpaired) electrons. The van der Waals surface area contributed by atoms with E-state index in [1.807, 2.05) is 30.3 Å². The quantitative estimate of drug-likeness (QED) is 0.704. The molecule has 0 saturated carbocycles. The number of methoxy groups -OCH3 is 2. The topological polar surface area (TPSA) is 98.3 Å². The Morgan fingerprint density at radius 1 is 0.885 bits per heavy atom. The maximum Gasteiger partial charge on any atom is 0.322 e. The Bertz CT molecular complexity index is 902. The van der Waals surface area contributed by atoms with Gasteiger partial charge in [-0.15, -0.1) is 0 Å². The summed E-state index contributed by atoms with van der Waals surface area (Å²) < 4.78 is 10.2. The van der Waals surface area contributed by atoms with E-state index in [-0.39, 0.29) is 23.8 Å². The fourth-order valence-electron chi connectivity index (χ4n) is 2.15. The number of nitrogens with zero attached hydrogens (tertiary/aromatic N) is 3. The molecule has 2 N–H and O–H groups in total. The van der Waals surface area contributed by atoms with Gasteiger partial charge < -0.3 is 14.8 Å². The zero-order valence-electron chi connectivity index (χ0n) is 14.3. The van der Waals surface area contributed by atoms with Crippen LogP contribution in [0.1, 0.15) is 10.4 Å². The fourth-order valence-corrected chi connectivity index (χ4v) is 2.15. The Morgan fingerprint density at radius 3 is 2.38 bits per heavy atom. The van der Waals surface area contributed by atoms with E-state index < -0.39 is 0 Å². The molecule has 0 aliphatic rings. The number of anilines is 3. The third-order valence-electron chi connectivity index (χ3n) is 3.38. The molecule has 1 aromatic heterocycles. The number of hydrogen-bond acceptors (Lipinski definition) is 7. The van der Waals surface area contributed by atoms with E-state index in [0.29, 0.717) is 11.3 Å². The van der Waals surface area contributed by atoms with Crippen molar-refractivity contribution in [2.75, 3.05) is 24.9 Å². The van der Waals surface area contributed by atoms with Crippen LogP contribution < -0.4 is 20.1 Å². The highest BCUT2D eigenvalue weighted by atomic mass is 16.5. The monoisotopic (exact) mass is 351 g/mol. The van der Waals surface area contributed by atoms with Gasteiger partial charge in [0.05, 0.1) is 14.2 Å². The molecule has 0 unspecified atom stereocenters. The summed E-state index contributed by atoms with van der Waals surface area (Å²) in [6.07, 6.45) is 0. The van der Waals surface area contributed by atoms with E-state index in [1.165, 1.54) is 14.2 Å². The largest absolute Gasteiger partial charge is 0.497 e. The number of carbonyl (C=O) groups is 1. The molecule has 0 atom stereocenters. The Labute approximate surface area is 150 Å². The van der Waals surface area contributed by atoms with Gasteiger partial charge in [0.15, 0.2) is 0 Å². The van der Waals surface area contributed by atoms with Crippen LogP contribution in [0.5, 0.6) is 11.8 Å². The van der Waals surface area contributed by atoms with E-state index in [2.05, 4.69) is 25.6 Å². The Morgan fingerprint density at radius 2 is 1.65 bits per heavy atom. The first-order valence-electron chi connectivity index (χ1n) is 7.75. The highest BCUT2D eigenvalue weighted by molar-refractivity contribution is 6.03. The summed E-state index contributed by atoms with van der Waals surface area (Å²) in [5.74, 6) is 0.534. The average molecular weight is 351 g/mol. The lowest BCUT2D eigenvalue weighted by Gasteiger charge is -2.09. The van der Waals surface area contributed by atoms with Crippen molar-refractivity contribution in [2.24, 2.45) is 0 Å². The Balaban J connectivity index is 1.82. The number of ether oxygens (including phenoxy) is 2. The molecule has 0 fully saturated rings. The molecule has 1 amide bonds. The van der Waals surface area contributed by atoms with Gasteiger partial charge in [0.1, 0.15) is 5.75 Å². The number of carbonyl (C=O) groups excluding carboxylic acids is 1. The van der Waals surface area contributed by atoms with Crippen LogP contribution >= 0.6 is 0 Å². The molecule has 26 heavy (non-hydrogen) atoms. The summed E-state index contributed by atoms with van der Waals surface area (Å²) in [5, 5.41) is 5.67. The van der Waals surface area contributed by atoms with E-state index in [1.54, 1.807) is 24.3 Å². The minimum atomic E-state index is -0.372. The van der Waals surface area contributed by atoms with E-state index in [0.717, 1.165) is 5.69 Å². The lowest BCUT2D eigenvalue weighted by molar-refractivity contribution is 0.102. The lowest BCUT2D eigenvalue weighted by atomic mass is 10.2. The van der Waals surface area contributed by atoms with Gasteiger partial charge >= 0.3 is 6.01 Å². The fraction of sp³-hybridized carbons (Fsp3) is 0.111. The second-order valence-corrected chi connectivity index (χ2v) is 5.15. The zero-order chi connectivity index (χ0) is 18.4. The second kappa shape index (κ2) is 7.93. The maximum atomic E-state index is 12.4. The van der Waals surface area contributed by atoms with Crippen LogP contribution in [0, 0.1) is 0 Å². The molecule has 0 aliphatic carbocycles. The number of nitrogens with one attached hydrogen (secondary N) is 2. The number of benzene rings is 2. The first kappa shape index (κ1) is 17.2. The molecule has 3 rings (SSSR count). The van der Waals surface area contributed by atoms with E-state index in [9.17, 15) is 4.79 Å². The van der Waals surface area contributed by atoms with Crippen molar-refractivity contribution >= 4 is 23.5 Å². The van der Waals surface area contributed by atoms with Crippen molar-refractivity contribution in [1.29, 1.82) is 0 Å². The van der Waals surface area contributed by atoms with Crippen LogP contribution in [-0.2, 0) is 0 Å². The van der Waals surface area contributed by atoms with Gasteiger partial charge in [-0.05, 0) is 30.3 Å². The van der Waals surface area contributed by atoms with Gasteiger partial charge in [-0.1, -0.05) is 24.3 Å². The third kappa shape index (κ3) is 4.23. The second-order valence-electron chi connectivity index (χ2n) is 5.15. The summed E-state index contributed by atoms with van der Waals surface area (Å²) >= 11 is 0. The normalized spacial score (nSPS) is 10.1. The van der Waals surface area contributed by atoms with Crippen molar-refractivity contribution in [3.8, 4) is 11.8 Å². The summed E-state index contributed by atoms with van der Waals surface area (Å²) in [6, 6.07) is 16.2. The van der Waals surface area contributed by atoms with Crippen LogP contribution in [0.2, 0.25) is 0 Å². The summed E-state index contributed by atoms with van der Waals surface area (Å²) in [7, 11) is 2.98. The number of amides is 1. The van der Waals surface area contributed by atoms with Gasteiger partial charge in [0.2, 0.25) is 11.9 Å². The molecule has 0 aliphatic heterocycles. The minimum absolute atomic E-state index is 0.0723. The van der Waals surface area contributed by atoms with Gasteiger partial charge in [0, 0.05) is 11.3 Å². The van der Waals surface area contributed by atoms with Crippen molar-refractivity contribution in [3.63, 3.8) is 0 Å². The predicted octanol–water partition coefficient (Wildman–Crippen LogP) is 2.88. The number of rotatable bonds is 6. The first-order valence-corrected chi connectivity index (χ1v) is 7.75. The summed E-state index contributed by atoms with van der Waals surface area (Å²) in [5.41, 5.74) is 1.21. The van der Waals surface area contributed by atoms with Crippen LogP contribution in [0.25, 0.3) is 0 Å². The van der Waals surface area contributed by atoms with E-state index >= 15 is 0 Å². The summed E-state index contributed by atoms with van der Waals surface area (Å²) in [4.78, 5) is 24.8. The van der Waals surface area contributed by atoms with Gasteiger partial charge in [-0.3, -0.25) is 10.1 Å². The van der Waals surface area contributed by atoms with Crippen LogP contribution in [0.3, 0.4) is 0 Å². The molecule has 0 bridgehead atoms. The molecule has 0 saturated heterocycles. The lowest BCUT2D eigenvalue weighted by Crippen LogP contribution is -2.15. The van der Waals surface area contributed by atoms with Crippen LogP contribution in [-0.4, -0.2) is 35.1 Å². The smallest absolute Gasteiger partial charge is 0.322 e. The van der Waals surface area contributed by atoms with E-state index in [4.69, 9.17) is 9.47 Å². The van der Waals surface area contributed by atoms with Crippen molar-refractivity contribution < 1.29 is 14.3 Å². The van der Waals surface area contributed by atoms with Crippen molar-refractivity contribution in [2.45, 2.75) is 0 Å². The van der Waals surface area contributed by atoms with Gasteiger partial charge in [-0.25, -0.2) is 0 Å². The van der Waals surface area contributed by atoms with Gasteiger partial charge in [0.25, 0.3) is 5.91 Å². The van der Waals surface area contributed by atoms with Crippen molar-refractivity contribution in [1.82, 2.24) is 15.0 Å². The molecule has 1 heterocycles. The standard InChI is InChI=1S/C18H17N5O3/c1-25-14-10-6-7-12(11-14)15(24)20-17-21-16(22-18(23-17)26-2)19-13-8-4-3-5-9-13/h3-11H,1-2H3,(H2,19,20,21,22,23,24). The highest BCUT2D eigenvalue weighted by Crippen LogP contribution is 2.18. The third-order valence-corrected chi connectivity index (χ3v) is 3.38. The number of aromatic nitrogens is 3. The summed E-state index contributed by atoms with van der Waals surface area (Å²) in [6.45, 7) is 0. The minimum Gasteiger partial charge on any atom is -0.497 e. The van der Waals surface area contributed by atoms with Crippen LogP contribution in [0.15, 0.2) is 54.6 Å².